The van der Waals surface area contributed by atoms with Crippen molar-refractivity contribution in [2.24, 2.45) is 5.92 Å². The maximum atomic E-state index is 12.6. The molecule has 4 rings (SSSR count). The first kappa shape index (κ1) is 18.3. The predicted octanol–water partition coefficient (Wildman–Crippen LogP) is 2.81. The molecular formula is C20H24ClN3O3. The van der Waals surface area contributed by atoms with Crippen LogP contribution in [0.15, 0.2) is 24.3 Å². The summed E-state index contributed by atoms with van der Waals surface area (Å²) in [7, 11) is 0. The molecule has 7 heteroatoms. The monoisotopic (exact) mass is 389 g/mol. The van der Waals surface area contributed by atoms with Gasteiger partial charge in [-0.25, -0.2) is 4.79 Å². The second-order valence-electron chi connectivity index (χ2n) is 7.79. The summed E-state index contributed by atoms with van der Waals surface area (Å²) in [5, 5.41) is 6.51. The zero-order valence-electron chi connectivity index (χ0n) is 15.2. The first-order valence-electron chi connectivity index (χ1n) is 9.68. The van der Waals surface area contributed by atoms with E-state index in [1.54, 1.807) is 0 Å². The average Bonchev–Trinajstić information content (AvgIpc) is 3.25. The molecule has 4 amide bonds. The highest BCUT2D eigenvalue weighted by molar-refractivity contribution is 6.31. The molecule has 0 bridgehead atoms. The van der Waals surface area contributed by atoms with Crippen LogP contribution < -0.4 is 10.6 Å². The van der Waals surface area contributed by atoms with Crippen LogP contribution in [0.4, 0.5) is 4.79 Å². The zero-order valence-corrected chi connectivity index (χ0v) is 15.9. The summed E-state index contributed by atoms with van der Waals surface area (Å²) in [6.07, 6.45) is 4.79. The molecule has 1 aromatic carbocycles. The summed E-state index contributed by atoms with van der Waals surface area (Å²) in [5.41, 5.74) is 0.372. The lowest BCUT2D eigenvalue weighted by molar-refractivity contribution is -0.131. The Morgan fingerprint density at radius 2 is 2.00 bits per heavy atom. The molecule has 0 aromatic heterocycles. The minimum Gasteiger partial charge on any atom is -0.356 e. The van der Waals surface area contributed by atoms with Gasteiger partial charge in [0.25, 0.3) is 5.91 Å². The van der Waals surface area contributed by atoms with Crippen molar-refractivity contribution in [1.82, 2.24) is 15.5 Å². The van der Waals surface area contributed by atoms with Crippen LogP contribution in [-0.2, 0) is 9.59 Å². The van der Waals surface area contributed by atoms with E-state index in [0.717, 1.165) is 37.7 Å². The molecule has 2 N–H and O–H groups in total. The molecule has 1 spiro atoms. The number of benzene rings is 1. The van der Waals surface area contributed by atoms with Gasteiger partial charge in [0.05, 0.1) is 0 Å². The molecule has 2 aliphatic carbocycles. The number of carbonyl (C=O) groups is 3. The molecule has 2 saturated carbocycles. The summed E-state index contributed by atoms with van der Waals surface area (Å²) in [4.78, 5) is 38.3. The van der Waals surface area contributed by atoms with Crippen molar-refractivity contribution in [3.05, 3.63) is 34.9 Å². The van der Waals surface area contributed by atoms with Crippen LogP contribution in [0.1, 0.15) is 50.0 Å². The predicted molar refractivity (Wildman–Crippen MR) is 101 cm³/mol. The van der Waals surface area contributed by atoms with Crippen LogP contribution in [-0.4, -0.2) is 41.4 Å². The minimum absolute atomic E-state index is 0.0179. The molecule has 3 aliphatic rings. The van der Waals surface area contributed by atoms with Gasteiger partial charge in [-0.1, -0.05) is 42.6 Å². The van der Waals surface area contributed by atoms with Crippen molar-refractivity contribution in [1.29, 1.82) is 0 Å². The highest BCUT2D eigenvalue weighted by atomic mass is 35.5. The molecule has 6 nitrogen and oxygen atoms in total. The third-order valence-electron chi connectivity index (χ3n) is 5.99. The number of hydrogen-bond acceptors (Lipinski definition) is 3. The Morgan fingerprint density at radius 1 is 1.26 bits per heavy atom. The molecular weight excluding hydrogens is 366 g/mol. The number of nitrogens with one attached hydrogen (secondary N) is 2. The van der Waals surface area contributed by atoms with E-state index in [2.05, 4.69) is 10.6 Å². The van der Waals surface area contributed by atoms with Gasteiger partial charge in [0.1, 0.15) is 5.54 Å². The van der Waals surface area contributed by atoms with Gasteiger partial charge in [0.2, 0.25) is 5.91 Å². The van der Waals surface area contributed by atoms with E-state index in [9.17, 15) is 14.4 Å². The summed E-state index contributed by atoms with van der Waals surface area (Å²) in [6, 6.07) is 7.34. The van der Waals surface area contributed by atoms with E-state index in [1.807, 2.05) is 24.3 Å². The second-order valence-corrected chi connectivity index (χ2v) is 8.20. The lowest BCUT2D eigenvalue weighted by atomic mass is 9.98. The van der Waals surface area contributed by atoms with Crippen LogP contribution in [0.3, 0.4) is 0 Å². The van der Waals surface area contributed by atoms with Crippen molar-refractivity contribution in [3.63, 3.8) is 0 Å². The summed E-state index contributed by atoms with van der Waals surface area (Å²) in [6.45, 7) is 0.792. The molecule has 1 saturated heterocycles. The lowest BCUT2D eigenvalue weighted by Gasteiger charge is -2.20. The fourth-order valence-electron chi connectivity index (χ4n) is 4.38. The van der Waals surface area contributed by atoms with Crippen molar-refractivity contribution in [3.8, 4) is 0 Å². The lowest BCUT2D eigenvalue weighted by Crippen LogP contribution is -2.44. The molecule has 2 atom stereocenters. The Balaban J connectivity index is 1.22. The molecule has 144 valence electrons. The fourth-order valence-corrected chi connectivity index (χ4v) is 4.66. The van der Waals surface area contributed by atoms with E-state index in [0.29, 0.717) is 24.5 Å². The number of carbonyl (C=O) groups excluding carboxylic acids is 3. The topological polar surface area (TPSA) is 78.5 Å². The van der Waals surface area contributed by atoms with Crippen molar-refractivity contribution >= 4 is 29.4 Å². The van der Waals surface area contributed by atoms with Crippen molar-refractivity contribution in [2.75, 3.05) is 13.1 Å². The largest absolute Gasteiger partial charge is 0.356 e. The zero-order chi connectivity index (χ0) is 19.0. The van der Waals surface area contributed by atoms with E-state index < -0.39 is 5.54 Å². The molecule has 1 heterocycles. The SMILES string of the molecule is O=C(NCCCN1C(=O)NC2(CCCC2)C1=O)[C@H]1C[C@H]1c1ccccc1Cl. The van der Waals surface area contributed by atoms with Gasteiger partial charge in [0, 0.05) is 24.0 Å². The number of halogens is 1. The highest BCUT2D eigenvalue weighted by Gasteiger charge is 2.52. The molecule has 0 radical (unpaired) electrons. The summed E-state index contributed by atoms with van der Waals surface area (Å²) >= 11 is 6.20. The van der Waals surface area contributed by atoms with Gasteiger partial charge in [-0.15, -0.1) is 0 Å². The highest BCUT2D eigenvalue weighted by Crippen LogP contribution is 2.49. The van der Waals surface area contributed by atoms with Gasteiger partial charge in [-0.2, -0.15) is 0 Å². The molecule has 3 fully saturated rings. The number of urea groups is 1. The molecule has 0 unspecified atom stereocenters. The second kappa shape index (κ2) is 7.15. The normalized spacial score (nSPS) is 25.7. The summed E-state index contributed by atoms with van der Waals surface area (Å²) < 4.78 is 0. The van der Waals surface area contributed by atoms with Gasteiger partial charge in [0.15, 0.2) is 0 Å². The Hall–Kier alpha value is -2.08. The standard InChI is InChI=1S/C20H24ClN3O3/c21-16-7-2-1-6-13(16)14-12-15(14)17(25)22-10-5-11-24-18(26)20(23-19(24)27)8-3-4-9-20/h1-2,6-7,14-15H,3-5,8-12H2,(H,22,25)(H,23,27)/t14-,15-/m0/s1. The first-order chi connectivity index (χ1) is 13.0. The van der Waals surface area contributed by atoms with E-state index >= 15 is 0 Å². The molecule has 1 aliphatic heterocycles. The Morgan fingerprint density at radius 3 is 2.74 bits per heavy atom. The summed E-state index contributed by atoms with van der Waals surface area (Å²) in [5.74, 6) is 0.0666. The minimum atomic E-state index is -0.656. The van der Waals surface area contributed by atoms with Gasteiger partial charge >= 0.3 is 6.03 Å². The van der Waals surface area contributed by atoms with Crippen LogP contribution in [0.5, 0.6) is 0 Å². The van der Waals surface area contributed by atoms with E-state index in [1.165, 1.54) is 4.90 Å². The number of nitrogens with zero attached hydrogens (tertiary/aromatic N) is 1. The maximum absolute atomic E-state index is 12.6. The third-order valence-corrected chi connectivity index (χ3v) is 6.34. The quantitative estimate of drug-likeness (QED) is 0.580. The average molecular weight is 390 g/mol. The Kier molecular flexibility index (Phi) is 4.84. The van der Waals surface area contributed by atoms with Crippen LogP contribution in [0.25, 0.3) is 0 Å². The first-order valence-corrected chi connectivity index (χ1v) is 10.1. The van der Waals surface area contributed by atoms with E-state index in [-0.39, 0.29) is 29.7 Å². The number of imide groups is 1. The molecule has 27 heavy (non-hydrogen) atoms. The Bertz CT molecular complexity index is 775. The number of amides is 4. The fraction of sp³-hybridized carbons (Fsp3) is 0.550. The van der Waals surface area contributed by atoms with Crippen molar-refractivity contribution < 1.29 is 14.4 Å². The van der Waals surface area contributed by atoms with Crippen LogP contribution in [0, 0.1) is 5.92 Å². The number of hydrogen-bond donors (Lipinski definition) is 2. The smallest absolute Gasteiger partial charge is 0.325 e. The Labute approximate surface area is 163 Å². The number of rotatable bonds is 6. The van der Waals surface area contributed by atoms with Crippen molar-refractivity contribution in [2.45, 2.75) is 50.0 Å². The van der Waals surface area contributed by atoms with Gasteiger partial charge in [-0.05, 0) is 43.2 Å². The van der Waals surface area contributed by atoms with E-state index in [4.69, 9.17) is 11.6 Å². The molecule has 1 aromatic rings. The van der Waals surface area contributed by atoms with Crippen LogP contribution >= 0.6 is 11.6 Å². The van der Waals surface area contributed by atoms with Gasteiger partial charge in [-0.3, -0.25) is 14.5 Å². The maximum Gasteiger partial charge on any atom is 0.325 e. The van der Waals surface area contributed by atoms with Gasteiger partial charge < -0.3 is 10.6 Å². The third kappa shape index (κ3) is 3.43. The van der Waals surface area contributed by atoms with Crippen LogP contribution in [0.2, 0.25) is 5.02 Å².